The van der Waals surface area contributed by atoms with Crippen molar-refractivity contribution in [3.63, 3.8) is 0 Å². The van der Waals surface area contributed by atoms with Gasteiger partial charge < -0.3 is 14.6 Å². The molecule has 262 valence electrons. The van der Waals surface area contributed by atoms with Crippen molar-refractivity contribution < 1.29 is 27.8 Å². The summed E-state index contributed by atoms with van der Waals surface area (Å²) in [4.78, 5) is 12.6. The number of hydrogen-bond donors (Lipinski definition) is 1. The Hall–Kier alpha value is -4.92. The van der Waals surface area contributed by atoms with Crippen molar-refractivity contribution in [1.29, 1.82) is 0 Å². The summed E-state index contributed by atoms with van der Waals surface area (Å²) in [7, 11) is -3.87. The maximum absolute atomic E-state index is 13.7. The number of benzene rings is 3. The number of fused-ring (bicyclic) bond motifs is 1. The van der Waals surface area contributed by atoms with Gasteiger partial charge in [0, 0.05) is 12.7 Å². The number of sulfonamides is 1. The lowest BCUT2D eigenvalue weighted by atomic mass is 9.81. The van der Waals surface area contributed by atoms with Crippen LogP contribution in [0, 0.1) is 19.3 Å². The molecule has 3 heterocycles. The van der Waals surface area contributed by atoms with Crippen molar-refractivity contribution in [1.82, 2.24) is 34.3 Å². The molecule has 14 heteroatoms. The second kappa shape index (κ2) is 14.1. The number of aryl methyl sites for hydroxylation is 2. The van der Waals surface area contributed by atoms with Crippen molar-refractivity contribution >= 4 is 16.0 Å². The fourth-order valence-electron chi connectivity index (χ4n) is 6.06. The Balaban J connectivity index is 1.19. The lowest BCUT2D eigenvalue weighted by Gasteiger charge is -2.31. The summed E-state index contributed by atoms with van der Waals surface area (Å²) in [6.07, 6.45) is 2.41. The van der Waals surface area contributed by atoms with Crippen LogP contribution in [0.2, 0.25) is 0 Å². The Bertz CT molecular complexity index is 2110. The third kappa shape index (κ3) is 7.62. The summed E-state index contributed by atoms with van der Waals surface area (Å²) in [6, 6.07) is 20.3. The van der Waals surface area contributed by atoms with Gasteiger partial charge in [0.15, 0.2) is 0 Å². The first kappa shape index (κ1) is 34.9. The van der Waals surface area contributed by atoms with Gasteiger partial charge in [-0.2, -0.15) is 4.31 Å². The fourth-order valence-corrected chi connectivity index (χ4v) is 7.67. The van der Waals surface area contributed by atoms with Gasteiger partial charge in [0.25, 0.3) is 0 Å². The fraction of sp³-hybridized carbons (Fsp3) is 0.361. The van der Waals surface area contributed by atoms with Gasteiger partial charge in [0.2, 0.25) is 10.0 Å². The normalized spacial score (nSPS) is 16.7. The van der Waals surface area contributed by atoms with Crippen LogP contribution in [0.25, 0.3) is 0 Å². The van der Waals surface area contributed by atoms with E-state index in [1.54, 1.807) is 53.7 Å². The Kier molecular flexibility index (Phi) is 9.87. The number of aromatic nitrogens is 6. The number of nitrogens with zero attached hydrogens (tertiary/aromatic N) is 7. The summed E-state index contributed by atoms with van der Waals surface area (Å²) in [5, 5.41) is 27.0. The van der Waals surface area contributed by atoms with Gasteiger partial charge in [-0.15, -0.1) is 10.2 Å². The Morgan fingerprint density at radius 1 is 0.960 bits per heavy atom. The van der Waals surface area contributed by atoms with Crippen molar-refractivity contribution in [2.45, 2.75) is 78.0 Å². The minimum atomic E-state index is -3.87. The summed E-state index contributed by atoms with van der Waals surface area (Å²) < 4.78 is 44.7. The molecule has 1 unspecified atom stereocenters. The monoisotopic (exact) mass is 699 g/mol. The molecule has 1 aliphatic heterocycles. The maximum atomic E-state index is 13.7. The van der Waals surface area contributed by atoms with Crippen LogP contribution >= 0.6 is 0 Å². The molecule has 3 aromatic carbocycles. The van der Waals surface area contributed by atoms with Gasteiger partial charge in [-0.25, -0.2) is 17.8 Å². The van der Waals surface area contributed by atoms with Crippen LogP contribution in [-0.2, 0) is 45.8 Å². The van der Waals surface area contributed by atoms with Crippen LogP contribution in [0.1, 0.15) is 66.1 Å². The zero-order chi connectivity index (χ0) is 35.6. The van der Waals surface area contributed by atoms with E-state index in [2.05, 4.69) is 26.7 Å². The molecule has 0 saturated carbocycles. The predicted molar refractivity (Wildman–Crippen MR) is 184 cm³/mol. The zero-order valence-electron chi connectivity index (χ0n) is 28.7. The van der Waals surface area contributed by atoms with E-state index in [0.717, 1.165) is 27.9 Å². The summed E-state index contributed by atoms with van der Waals surface area (Å²) in [5.41, 5.74) is 4.39. The largest absolute Gasteiger partial charge is 0.488 e. The first-order chi connectivity index (χ1) is 23.8. The van der Waals surface area contributed by atoms with Gasteiger partial charge >= 0.3 is 5.97 Å². The molecule has 6 rings (SSSR count). The van der Waals surface area contributed by atoms with Crippen LogP contribution in [0.4, 0.5) is 0 Å². The zero-order valence-corrected chi connectivity index (χ0v) is 29.5. The highest BCUT2D eigenvalue weighted by Crippen LogP contribution is 2.39. The van der Waals surface area contributed by atoms with Crippen LogP contribution in [0.15, 0.2) is 84.0 Å². The third-order valence-corrected chi connectivity index (χ3v) is 10.7. The Labute approximate surface area is 291 Å². The Morgan fingerprint density at radius 2 is 1.66 bits per heavy atom. The van der Waals surface area contributed by atoms with Crippen molar-refractivity contribution in [2.24, 2.45) is 5.41 Å². The van der Waals surface area contributed by atoms with Crippen molar-refractivity contribution in [2.75, 3.05) is 6.54 Å². The molecule has 0 fully saturated rings. The number of carboxylic acid groups (broad SMARTS) is 1. The molecule has 0 amide bonds. The van der Waals surface area contributed by atoms with Gasteiger partial charge in [0.05, 0.1) is 49.7 Å². The molecule has 5 aromatic rings. The molecular weight excluding hydrogens is 659 g/mol. The number of aliphatic carboxylic acids is 1. The van der Waals surface area contributed by atoms with E-state index in [0.29, 0.717) is 30.1 Å². The quantitative estimate of drug-likeness (QED) is 0.190. The lowest BCUT2D eigenvalue weighted by molar-refractivity contribution is -0.158. The van der Waals surface area contributed by atoms with Gasteiger partial charge in [0.1, 0.15) is 22.4 Å². The first-order valence-corrected chi connectivity index (χ1v) is 17.8. The topological polar surface area (TPSA) is 155 Å². The Morgan fingerprint density at radius 3 is 2.36 bits per heavy atom. The number of carbonyl (C=O) groups is 1. The minimum Gasteiger partial charge on any atom is -0.488 e. The third-order valence-electron chi connectivity index (χ3n) is 8.80. The highest BCUT2D eigenvalue weighted by atomic mass is 32.2. The van der Waals surface area contributed by atoms with Crippen molar-refractivity contribution in [3.05, 3.63) is 118 Å². The standard InChI is InChI=1S/C36H41N7O6S/c1-24-13-14-29(16-30(24)21-43-18-26(3)49-32-11-6-7-12-33(32)50(43,46)47)34(36(4,5)35(44)45)48-23-31-22-42(40-38-31)20-28-10-8-9-27(15-28)19-41-17-25(2)37-39-41/h6-17,22,26,34H,18-21,23H2,1-5H3,(H,44,45)/t26-,34?/m1/s1. The van der Waals surface area contributed by atoms with E-state index in [-0.39, 0.29) is 30.7 Å². The maximum Gasteiger partial charge on any atom is 0.312 e. The number of ether oxygens (including phenoxy) is 2. The van der Waals surface area contributed by atoms with Gasteiger partial charge in [-0.05, 0) is 74.6 Å². The van der Waals surface area contributed by atoms with E-state index < -0.39 is 27.5 Å². The molecule has 0 radical (unpaired) electrons. The van der Waals surface area contributed by atoms with E-state index in [9.17, 15) is 18.3 Å². The molecule has 0 bridgehead atoms. The molecule has 2 aromatic heterocycles. The second-order valence-electron chi connectivity index (χ2n) is 13.4. The van der Waals surface area contributed by atoms with Crippen LogP contribution < -0.4 is 4.74 Å². The average Bonchev–Trinajstić information content (AvgIpc) is 3.67. The SMILES string of the molecule is Cc1cn(Cc2cccc(Cn3cc(COC(c4ccc(C)c(CN5C[C@@H](C)Oc6ccccc6S5(=O)=O)c4)C(C)(C)C(=O)O)nn3)c2)nn1. The van der Waals surface area contributed by atoms with E-state index in [1.165, 1.54) is 4.31 Å². The highest BCUT2D eigenvalue weighted by molar-refractivity contribution is 7.89. The summed E-state index contributed by atoms with van der Waals surface area (Å²) >= 11 is 0. The second-order valence-corrected chi connectivity index (χ2v) is 15.3. The highest BCUT2D eigenvalue weighted by Gasteiger charge is 2.40. The first-order valence-electron chi connectivity index (χ1n) is 16.3. The molecular formula is C36H41N7O6S. The lowest BCUT2D eigenvalue weighted by Crippen LogP contribution is -2.36. The molecule has 0 saturated heterocycles. The van der Waals surface area contributed by atoms with E-state index in [4.69, 9.17) is 9.47 Å². The predicted octanol–water partition coefficient (Wildman–Crippen LogP) is 4.92. The summed E-state index contributed by atoms with van der Waals surface area (Å²) in [5.74, 6) is -0.708. The van der Waals surface area contributed by atoms with E-state index >= 15 is 0 Å². The molecule has 1 aliphatic rings. The smallest absolute Gasteiger partial charge is 0.312 e. The molecule has 0 aliphatic carbocycles. The molecule has 50 heavy (non-hydrogen) atoms. The number of para-hydroxylation sites is 1. The number of carboxylic acids is 1. The molecule has 2 atom stereocenters. The van der Waals surface area contributed by atoms with Crippen LogP contribution in [0.3, 0.4) is 0 Å². The molecule has 13 nitrogen and oxygen atoms in total. The van der Waals surface area contributed by atoms with Gasteiger partial charge in [-0.1, -0.05) is 65.0 Å². The van der Waals surface area contributed by atoms with Crippen LogP contribution in [0.5, 0.6) is 5.75 Å². The number of hydrogen-bond acceptors (Lipinski definition) is 9. The summed E-state index contributed by atoms with van der Waals surface area (Å²) in [6.45, 7) is 10.2. The number of rotatable bonds is 12. The van der Waals surface area contributed by atoms with E-state index in [1.807, 2.05) is 63.4 Å². The molecule has 1 N–H and O–H groups in total. The minimum absolute atomic E-state index is 0.0163. The van der Waals surface area contributed by atoms with Crippen molar-refractivity contribution in [3.8, 4) is 5.75 Å². The molecule has 0 spiro atoms. The van der Waals surface area contributed by atoms with Gasteiger partial charge in [-0.3, -0.25) is 4.79 Å². The van der Waals surface area contributed by atoms with Crippen LogP contribution in [-0.4, -0.2) is 66.4 Å². The average molecular weight is 700 g/mol.